The maximum absolute atomic E-state index is 12.2. The zero-order valence-electron chi connectivity index (χ0n) is 13.0. The van der Waals surface area contributed by atoms with Gasteiger partial charge in [0.1, 0.15) is 0 Å². The molecule has 21 heavy (non-hydrogen) atoms. The van der Waals surface area contributed by atoms with Crippen LogP contribution in [0.5, 0.6) is 0 Å². The van der Waals surface area contributed by atoms with E-state index in [1.807, 2.05) is 32.4 Å². The van der Waals surface area contributed by atoms with E-state index in [0.717, 1.165) is 12.1 Å². The average molecular weight is 313 g/mol. The van der Waals surface area contributed by atoms with Crippen LogP contribution in [0.4, 0.5) is 0 Å². The van der Waals surface area contributed by atoms with Gasteiger partial charge in [-0.25, -0.2) is 0 Å². The van der Waals surface area contributed by atoms with Gasteiger partial charge in [-0.3, -0.25) is 14.3 Å². The number of amides is 1. The third kappa shape index (κ3) is 5.08. The van der Waals surface area contributed by atoms with Crippen LogP contribution in [0.1, 0.15) is 43.7 Å². The molecule has 118 valence electrons. The van der Waals surface area contributed by atoms with E-state index in [-0.39, 0.29) is 17.2 Å². The summed E-state index contributed by atoms with van der Waals surface area (Å²) in [6, 6.07) is 0. The van der Waals surface area contributed by atoms with Gasteiger partial charge in [-0.2, -0.15) is 5.10 Å². The first-order valence-electron chi connectivity index (χ1n) is 6.92. The molecule has 0 spiro atoms. The second-order valence-electron chi connectivity index (χ2n) is 5.64. The molecule has 2 N–H and O–H groups in total. The summed E-state index contributed by atoms with van der Waals surface area (Å²) in [5.74, 6) is -0.366. The summed E-state index contributed by atoms with van der Waals surface area (Å²) in [4.78, 5) is 22.6. The molecule has 0 aliphatic heterocycles. The summed E-state index contributed by atoms with van der Waals surface area (Å²) in [5.41, 5.74) is 1.34. The van der Waals surface area contributed by atoms with Gasteiger partial charge >= 0.3 is 5.97 Å². The van der Waals surface area contributed by atoms with Gasteiger partial charge in [0.2, 0.25) is 0 Å². The van der Waals surface area contributed by atoms with E-state index in [4.69, 9.17) is 5.11 Å². The van der Waals surface area contributed by atoms with Gasteiger partial charge in [0.15, 0.2) is 0 Å². The Hall–Kier alpha value is -1.50. The summed E-state index contributed by atoms with van der Waals surface area (Å²) < 4.78 is 1.88. The lowest BCUT2D eigenvalue weighted by atomic mass is 10.1. The molecule has 0 aliphatic carbocycles. The summed E-state index contributed by atoms with van der Waals surface area (Å²) in [5, 5.41) is 15.7. The first-order valence-corrected chi connectivity index (χ1v) is 8.08. The number of nitrogens with zero attached hydrogens (tertiary/aromatic N) is 2. The molecule has 1 amide bonds. The highest BCUT2D eigenvalue weighted by atomic mass is 32.2. The molecule has 7 heteroatoms. The minimum Gasteiger partial charge on any atom is -0.481 e. The molecule has 0 aromatic carbocycles. The Labute approximate surface area is 129 Å². The molecule has 1 heterocycles. The fourth-order valence-electron chi connectivity index (χ4n) is 1.97. The predicted molar refractivity (Wildman–Crippen MR) is 83.9 cm³/mol. The lowest BCUT2D eigenvalue weighted by Crippen LogP contribution is -2.29. The summed E-state index contributed by atoms with van der Waals surface area (Å²) in [6.45, 7) is 8.58. The minimum atomic E-state index is -0.842. The Morgan fingerprint density at radius 2 is 2.10 bits per heavy atom. The molecule has 1 aromatic heterocycles. The zero-order chi connectivity index (χ0) is 16.0. The molecule has 1 aromatic rings. The third-order valence-corrected chi connectivity index (χ3v) is 3.79. The van der Waals surface area contributed by atoms with E-state index in [1.165, 1.54) is 11.8 Å². The molecular weight excluding hydrogens is 290 g/mol. The average Bonchev–Trinajstić information content (AvgIpc) is 2.81. The minimum absolute atomic E-state index is 0.0536. The van der Waals surface area contributed by atoms with Gasteiger partial charge in [-0.1, -0.05) is 6.92 Å². The molecule has 0 atom stereocenters. The molecule has 0 unspecified atom stereocenters. The Balaban J connectivity index is 2.63. The highest BCUT2D eigenvalue weighted by molar-refractivity contribution is 7.99. The number of carbonyl (C=O) groups is 2. The maximum atomic E-state index is 12.2. The quantitative estimate of drug-likeness (QED) is 0.749. The van der Waals surface area contributed by atoms with Crippen LogP contribution in [0.25, 0.3) is 0 Å². The number of nitrogens with one attached hydrogen (secondary N) is 1. The number of carboxylic acids is 1. The molecule has 0 bridgehead atoms. The van der Waals surface area contributed by atoms with Crippen molar-refractivity contribution in [3.63, 3.8) is 0 Å². The lowest BCUT2D eigenvalue weighted by Gasteiger charge is -2.22. The van der Waals surface area contributed by atoms with Gasteiger partial charge in [-0.15, -0.1) is 11.8 Å². The van der Waals surface area contributed by atoms with Crippen LogP contribution in [-0.2, 0) is 16.8 Å². The summed E-state index contributed by atoms with van der Waals surface area (Å²) >= 11 is 1.28. The van der Waals surface area contributed by atoms with Crippen LogP contribution in [0.2, 0.25) is 0 Å². The van der Waals surface area contributed by atoms with E-state index in [0.29, 0.717) is 17.9 Å². The molecule has 0 fully saturated rings. The zero-order valence-corrected chi connectivity index (χ0v) is 13.8. The molecule has 0 aliphatic rings. The number of carboxylic acid groups (broad SMARTS) is 1. The lowest BCUT2D eigenvalue weighted by molar-refractivity contribution is -0.133. The van der Waals surface area contributed by atoms with Crippen molar-refractivity contribution in [1.29, 1.82) is 0 Å². The van der Waals surface area contributed by atoms with Crippen molar-refractivity contribution in [1.82, 2.24) is 15.1 Å². The van der Waals surface area contributed by atoms with E-state index in [2.05, 4.69) is 10.4 Å². The van der Waals surface area contributed by atoms with Crippen molar-refractivity contribution in [3.05, 3.63) is 17.5 Å². The van der Waals surface area contributed by atoms with Crippen LogP contribution in [0.3, 0.4) is 0 Å². The fraction of sp³-hybridized carbons (Fsp3) is 0.643. The van der Waals surface area contributed by atoms with Crippen LogP contribution in [-0.4, -0.2) is 44.8 Å². The highest BCUT2D eigenvalue weighted by Crippen LogP contribution is 2.19. The van der Waals surface area contributed by atoms with Crippen molar-refractivity contribution in [2.24, 2.45) is 0 Å². The number of carbonyl (C=O) groups excluding carboxylic acids is 1. The van der Waals surface area contributed by atoms with Gasteiger partial charge in [0.05, 0.1) is 28.7 Å². The maximum Gasteiger partial charge on any atom is 0.313 e. The molecule has 0 saturated carbocycles. The molecule has 6 nitrogen and oxygen atoms in total. The van der Waals surface area contributed by atoms with E-state index >= 15 is 0 Å². The SMILES string of the molecule is CCc1c(C(=O)NCCSCC(=O)O)cnn1C(C)(C)C. The fourth-order valence-corrected chi connectivity index (χ4v) is 2.54. The van der Waals surface area contributed by atoms with E-state index in [1.54, 1.807) is 6.20 Å². The number of aliphatic carboxylic acids is 1. The van der Waals surface area contributed by atoms with Crippen molar-refractivity contribution >= 4 is 23.6 Å². The molecular formula is C14H23N3O3S. The predicted octanol–water partition coefficient (Wildman–Crippen LogP) is 1.75. The standard InChI is InChI=1S/C14H23N3O3S/c1-5-11-10(8-16-17(11)14(2,3)4)13(20)15-6-7-21-9-12(18)19/h8H,5-7,9H2,1-4H3,(H,15,20)(H,18,19). The van der Waals surface area contributed by atoms with Crippen LogP contribution >= 0.6 is 11.8 Å². The first-order chi connectivity index (χ1) is 9.77. The Morgan fingerprint density at radius 3 is 2.62 bits per heavy atom. The highest BCUT2D eigenvalue weighted by Gasteiger charge is 2.22. The summed E-state index contributed by atoms with van der Waals surface area (Å²) in [7, 11) is 0. The Bertz CT molecular complexity index is 506. The second kappa shape index (κ2) is 7.49. The smallest absolute Gasteiger partial charge is 0.313 e. The number of hydrogen-bond acceptors (Lipinski definition) is 4. The van der Waals surface area contributed by atoms with Crippen molar-refractivity contribution in [2.45, 2.75) is 39.7 Å². The van der Waals surface area contributed by atoms with Crippen molar-refractivity contribution < 1.29 is 14.7 Å². The van der Waals surface area contributed by atoms with E-state index < -0.39 is 5.97 Å². The Kier molecular flexibility index (Phi) is 6.26. The van der Waals surface area contributed by atoms with Gasteiger partial charge in [0, 0.05) is 12.3 Å². The molecule has 1 rings (SSSR count). The number of rotatable bonds is 7. The van der Waals surface area contributed by atoms with Gasteiger partial charge < -0.3 is 10.4 Å². The van der Waals surface area contributed by atoms with Gasteiger partial charge in [-0.05, 0) is 27.2 Å². The van der Waals surface area contributed by atoms with Crippen molar-refractivity contribution in [2.75, 3.05) is 18.1 Å². The third-order valence-electron chi connectivity index (χ3n) is 2.84. The number of aromatic nitrogens is 2. The van der Waals surface area contributed by atoms with Crippen LogP contribution in [0.15, 0.2) is 6.20 Å². The number of thioether (sulfide) groups is 1. The monoisotopic (exact) mass is 313 g/mol. The Morgan fingerprint density at radius 1 is 1.43 bits per heavy atom. The largest absolute Gasteiger partial charge is 0.481 e. The topological polar surface area (TPSA) is 84.2 Å². The van der Waals surface area contributed by atoms with E-state index in [9.17, 15) is 9.59 Å². The number of hydrogen-bond donors (Lipinski definition) is 2. The van der Waals surface area contributed by atoms with Crippen LogP contribution < -0.4 is 5.32 Å². The normalized spacial score (nSPS) is 11.4. The molecule has 0 radical (unpaired) electrons. The van der Waals surface area contributed by atoms with Gasteiger partial charge in [0.25, 0.3) is 5.91 Å². The molecule has 0 saturated heterocycles. The van der Waals surface area contributed by atoms with Crippen LogP contribution in [0, 0.1) is 0 Å². The summed E-state index contributed by atoms with van der Waals surface area (Å²) in [6.07, 6.45) is 2.33. The second-order valence-corrected chi connectivity index (χ2v) is 6.75. The first kappa shape index (κ1) is 17.6. The van der Waals surface area contributed by atoms with Crippen molar-refractivity contribution in [3.8, 4) is 0 Å².